The number of hydrogen-bond donors (Lipinski definition) is 0. The summed E-state index contributed by atoms with van der Waals surface area (Å²) in [4.78, 5) is 11.8. The summed E-state index contributed by atoms with van der Waals surface area (Å²) >= 11 is 0. The summed E-state index contributed by atoms with van der Waals surface area (Å²) in [5, 5.41) is 0. The van der Waals surface area contributed by atoms with Crippen LogP contribution in [0.3, 0.4) is 0 Å². The summed E-state index contributed by atoms with van der Waals surface area (Å²) in [7, 11) is 0.155. The van der Waals surface area contributed by atoms with Crippen LogP contribution >= 0.6 is 0 Å². The topological polar surface area (TPSA) is 26.3 Å². The van der Waals surface area contributed by atoms with E-state index in [1.54, 1.807) is 0 Å². The first kappa shape index (κ1) is 16.7. The molecule has 0 unspecified atom stereocenters. The van der Waals surface area contributed by atoms with Crippen LogP contribution in [0.1, 0.15) is 54.4 Å². The molecule has 0 aromatic heterocycles. The lowest BCUT2D eigenvalue weighted by molar-refractivity contribution is -0.151. The number of hydrogen-bond acceptors (Lipinski definition) is 2. The predicted octanol–water partition coefficient (Wildman–Crippen LogP) is 4.86. The smallest absolute Gasteiger partial charge is 0.308 e. The van der Waals surface area contributed by atoms with Gasteiger partial charge in [0.1, 0.15) is 0 Å². The van der Waals surface area contributed by atoms with Crippen molar-refractivity contribution in [3.63, 3.8) is 0 Å². The largest absolute Gasteiger partial charge is 0.469 e. The van der Waals surface area contributed by atoms with Crippen LogP contribution in [-0.2, 0) is 9.53 Å². The average molecular weight is 285 g/mol. The van der Waals surface area contributed by atoms with Crippen LogP contribution in [0.4, 0.5) is 0 Å². The molecule has 0 aliphatic heterocycles. The number of ether oxygens (including phenoxy) is 1. The van der Waals surface area contributed by atoms with Gasteiger partial charge in [-0.25, -0.2) is 0 Å². The van der Waals surface area contributed by atoms with E-state index in [0.717, 1.165) is 23.0 Å². The highest BCUT2D eigenvalue weighted by Gasteiger charge is 2.48. The predicted molar refractivity (Wildman–Crippen MR) is 84.1 cm³/mol. The van der Waals surface area contributed by atoms with Gasteiger partial charge in [-0.3, -0.25) is 4.79 Å². The fourth-order valence-corrected chi connectivity index (χ4v) is 11.2. The second-order valence-corrected chi connectivity index (χ2v) is 13.3. The lowest BCUT2D eigenvalue weighted by Crippen LogP contribution is -2.49. The SMILES string of the molecule is COC(=O)[C@@H]1CC[C@@H]1C[Si](C(C)C)(C(C)C)C(C)C. The van der Waals surface area contributed by atoms with Gasteiger partial charge in [-0.15, -0.1) is 0 Å². The maximum Gasteiger partial charge on any atom is 0.308 e. The third kappa shape index (κ3) is 3.06. The molecular formula is C16H32O2Si. The Morgan fingerprint density at radius 1 is 1.05 bits per heavy atom. The molecule has 0 spiro atoms. The summed E-state index contributed by atoms with van der Waals surface area (Å²) in [5.41, 5.74) is 2.35. The lowest BCUT2D eigenvalue weighted by Gasteiger charge is -2.48. The molecule has 0 heterocycles. The molecule has 0 aromatic rings. The highest BCUT2D eigenvalue weighted by molar-refractivity contribution is 6.83. The third-order valence-corrected chi connectivity index (χ3v) is 13.4. The number of rotatable bonds is 6. The molecule has 2 atom stereocenters. The van der Waals surface area contributed by atoms with E-state index in [2.05, 4.69) is 41.5 Å². The fourth-order valence-electron chi connectivity index (χ4n) is 4.44. The summed E-state index contributed by atoms with van der Waals surface area (Å²) in [6.07, 6.45) is 2.26. The van der Waals surface area contributed by atoms with Crippen molar-refractivity contribution in [3.05, 3.63) is 0 Å². The van der Waals surface area contributed by atoms with Crippen molar-refractivity contribution in [1.82, 2.24) is 0 Å². The molecule has 1 aliphatic rings. The van der Waals surface area contributed by atoms with Crippen molar-refractivity contribution in [3.8, 4) is 0 Å². The Hall–Kier alpha value is -0.313. The van der Waals surface area contributed by atoms with Gasteiger partial charge in [0, 0.05) is 0 Å². The Kier molecular flexibility index (Phi) is 5.66. The molecule has 112 valence electrons. The molecule has 1 saturated carbocycles. The average Bonchev–Trinajstić information content (AvgIpc) is 2.26. The highest BCUT2D eigenvalue weighted by atomic mass is 28.3. The van der Waals surface area contributed by atoms with Gasteiger partial charge < -0.3 is 4.74 Å². The van der Waals surface area contributed by atoms with Gasteiger partial charge >= 0.3 is 5.97 Å². The zero-order chi connectivity index (χ0) is 14.8. The van der Waals surface area contributed by atoms with Crippen molar-refractivity contribution in [2.24, 2.45) is 11.8 Å². The van der Waals surface area contributed by atoms with Crippen molar-refractivity contribution in [2.75, 3.05) is 7.11 Å². The Bertz CT molecular complexity index is 288. The first-order valence-corrected chi connectivity index (χ1v) is 10.3. The molecule has 0 N–H and O–H groups in total. The molecule has 0 radical (unpaired) electrons. The van der Waals surface area contributed by atoms with E-state index >= 15 is 0 Å². The molecule has 0 bridgehead atoms. The van der Waals surface area contributed by atoms with Crippen LogP contribution in [0.15, 0.2) is 0 Å². The zero-order valence-electron chi connectivity index (χ0n) is 13.8. The second-order valence-electron chi connectivity index (χ2n) is 7.25. The van der Waals surface area contributed by atoms with Gasteiger partial charge in [0.25, 0.3) is 0 Å². The molecule has 1 aliphatic carbocycles. The molecule has 19 heavy (non-hydrogen) atoms. The van der Waals surface area contributed by atoms with E-state index in [1.165, 1.54) is 19.6 Å². The van der Waals surface area contributed by atoms with Crippen LogP contribution in [0.2, 0.25) is 22.7 Å². The summed E-state index contributed by atoms with van der Waals surface area (Å²) in [5.74, 6) is 0.801. The van der Waals surface area contributed by atoms with E-state index in [1.807, 2.05) is 0 Å². The monoisotopic (exact) mass is 284 g/mol. The van der Waals surface area contributed by atoms with Crippen molar-refractivity contribution < 1.29 is 9.53 Å². The van der Waals surface area contributed by atoms with E-state index < -0.39 is 8.07 Å². The Morgan fingerprint density at radius 2 is 1.53 bits per heavy atom. The van der Waals surface area contributed by atoms with E-state index in [4.69, 9.17) is 4.74 Å². The third-order valence-electron chi connectivity index (χ3n) is 5.76. The van der Waals surface area contributed by atoms with Crippen molar-refractivity contribution in [1.29, 1.82) is 0 Å². The minimum absolute atomic E-state index is 0.0235. The molecule has 1 rings (SSSR count). The number of carbonyl (C=O) groups excluding carboxylic acids is 1. The molecule has 0 amide bonds. The summed E-state index contributed by atoms with van der Waals surface area (Å²) in [6, 6.07) is 1.31. The maximum absolute atomic E-state index is 11.8. The van der Waals surface area contributed by atoms with Gasteiger partial charge in [0.15, 0.2) is 0 Å². The van der Waals surface area contributed by atoms with Crippen molar-refractivity contribution >= 4 is 14.0 Å². The van der Waals surface area contributed by atoms with Gasteiger partial charge in [-0.2, -0.15) is 0 Å². The van der Waals surface area contributed by atoms with E-state index in [-0.39, 0.29) is 11.9 Å². The van der Waals surface area contributed by atoms with Gasteiger partial charge in [0.05, 0.1) is 21.1 Å². The lowest BCUT2D eigenvalue weighted by atomic mass is 9.75. The number of carbonyl (C=O) groups is 1. The van der Waals surface area contributed by atoms with Gasteiger partial charge in [0.2, 0.25) is 0 Å². The molecule has 2 nitrogen and oxygen atoms in total. The second kappa shape index (κ2) is 6.42. The van der Waals surface area contributed by atoms with Gasteiger partial charge in [-0.1, -0.05) is 64.2 Å². The van der Waals surface area contributed by atoms with Crippen LogP contribution < -0.4 is 0 Å². The summed E-state index contributed by atoms with van der Waals surface area (Å²) < 4.78 is 4.96. The number of esters is 1. The minimum Gasteiger partial charge on any atom is -0.469 e. The summed E-state index contributed by atoms with van der Waals surface area (Å²) in [6.45, 7) is 14.4. The van der Waals surface area contributed by atoms with Crippen LogP contribution in [0, 0.1) is 11.8 Å². The molecule has 1 fully saturated rings. The van der Waals surface area contributed by atoms with Crippen molar-refractivity contribution in [2.45, 2.75) is 77.1 Å². The van der Waals surface area contributed by atoms with E-state index in [0.29, 0.717) is 5.92 Å². The maximum atomic E-state index is 11.8. The molecule has 0 aromatic carbocycles. The first-order chi connectivity index (χ1) is 8.77. The molecule has 3 heteroatoms. The Morgan fingerprint density at radius 3 is 1.79 bits per heavy atom. The Labute approximate surface area is 120 Å². The van der Waals surface area contributed by atoms with E-state index in [9.17, 15) is 4.79 Å². The van der Waals surface area contributed by atoms with Crippen LogP contribution in [0.25, 0.3) is 0 Å². The number of methoxy groups -OCH3 is 1. The Balaban J connectivity index is 2.87. The minimum atomic E-state index is -1.37. The standard InChI is InChI=1S/C16H32O2Si/c1-11(2)19(12(3)4,13(5)6)10-14-8-9-15(14)16(17)18-7/h11-15H,8-10H2,1-7H3/t14-,15-/m1/s1. The van der Waals surface area contributed by atoms with Crippen LogP contribution in [-0.4, -0.2) is 21.2 Å². The molecular weight excluding hydrogens is 252 g/mol. The van der Waals surface area contributed by atoms with Gasteiger partial charge in [-0.05, 0) is 18.8 Å². The normalized spacial score (nSPS) is 23.9. The quantitative estimate of drug-likeness (QED) is 0.514. The first-order valence-electron chi connectivity index (χ1n) is 7.85. The molecule has 0 saturated heterocycles. The highest BCUT2D eigenvalue weighted by Crippen LogP contribution is 2.51. The zero-order valence-corrected chi connectivity index (χ0v) is 14.8. The fraction of sp³-hybridized carbons (Fsp3) is 0.938. The van der Waals surface area contributed by atoms with Crippen LogP contribution in [0.5, 0.6) is 0 Å².